The Kier molecular flexibility index (Phi) is 10.9. The molecule has 8 aromatic carbocycles. The van der Waals surface area contributed by atoms with Crippen molar-refractivity contribution in [3.8, 4) is 44.5 Å². The quantitative estimate of drug-likeness (QED) is 0.133. The summed E-state index contributed by atoms with van der Waals surface area (Å²) in [5, 5.41) is 0. The average Bonchev–Trinajstić information content (AvgIpc) is 3.20. The van der Waals surface area contributed by atoms with E-state index in [0.29, 0.717) is 0 Å². The van der Waals surface area contributed by atoms with Gasteiger partial charge in [-0.3, -0.25) is 0 Å². The zero-order chi connectivity index (χ0) is 36.4. The number of benzene rings is 8. The fourth-order valence-corrected chi connectivity index (χ4v) is 18.1. The van der Waals surface area contributed by atoms with E-state index in [9.17, 15) is 0 Å². The summed E-state index contributed by atoms with van der Waals surface area (Å²) >= 11 is 10.8. The van der Waals surface area contributed by atoms with Crippen molar-refractivity contribution < 1.29 is 0 Å². The molecule has 256 valence electrons. The third-order valence-corrected chi connectivity index (χ3v) is 22.2. The molecule has 8 aromatic rings. The molecule has 0 atom stereocenters. The van der Waals surface area contributed by atoms with E-state index >= 15 is 0 Å². The summed E-state index contributed by atoms with van der Waals surface area (Å²) in [6.07, 6.45) is 0. The van der Waals surface area contributed by atoms with E-state index < -0.39 is 13.3 Å². The summed E-state index contributed by atoms with van der Waals surface area (Å²) in [6, 6.07) is 71.9. The molecule has 0 bridgehead atoms. The van der Waals surface area contributed by atoms with E-state index in [-0.39, 0.29) is 0 Å². The molecule has 0 aliphatic rings. The molecular weight excluding hydrogens is 969 g/mol. The van der Waals surface area contributed by atoms with Crippen molar-refractivity contribution >= 4 is 94.6 Å². The van der Waals surface area contributed by atoms with Crippen LogP contribution in [0.5, 0.6) is 0 Å². The Hall–Kier alpha value is -3.78. The standard InChI is InChI=1S/C48H32Br4Ge/c49-41-17-1-33(2-18-41)37-9-25-45(26-10-37)53(46-27-11-38(12-28-46)34-3-19-42(50)20-4-34,47-29-13-39(14-30-47)35-5-21-43(51)22-6-35)48-31-15-40(16-32-48)36-7-23-44(52)24-8-36/h1-32H. The summed E-state index contributed by atoms with van der Waals surface area (Å²) in [5.74, 6) is 0. The molecule has 0 aliphatic heterocycles. The Labute approximate surface area is 347 Å². The van der Waals surface area contributed by atoms with Gasteiger partial charge in [0.2, 0.25) is 0 Å². The second kappa shape index (κ2) is 15.9. The third-order valence-electron chi connectivity index (χ3n) is 9.98. The molecule has 0 radical (unpaired) electrons. The van der Waals surface area contributed by atoms with E-state index in [4.69, 9.17) is 0 Å². The van der Waals surface area contributed by atoms with Gasteiger partial charge in [-0.1, -0.05) is 0 Å². The van der Waals surface area contributed by atoms with Gasteiger partial charge in [0.1, 0.15) is 0 Å². The predicted octanol–water partition coefficient (Wildman–Crippen LogP) is 12.8. The van der Waals surface area contributed by atoms with Crippen LogP contribution in [0, 0.1) is 0 Å². The number of hydrogen-bond donors (Lipinski definition) is 0. The molecule has 0 unspecified atom stereocenters. The second-order valence-corrected chi connectivity index (χ2v) is 24.7. The number of rotatable bonds is 8. The molecule has 0 heterocycles. The SMILES string of the molecule is Brc1ccc(-c2cc[c]([Ge]([c]3ccc(-c4ccc(Br)cc4)cc3)([c]3ccc(-c4ccc(Br)cc4)cc3)[c]3ccc(-c4ccc(Br)cc4)cc3)cc2)cc1. The topological polar surface area (TPSA) is 0 Å². The second-order valence-electron chi connectivity index (χ2n) is 13.1. The first-order chi connectivity index (χ1) is 25.9. The van der Waals surface area contributed by atoms with Gasteiger partial charge >= 0.3 is 351 Å². The average molecular weight is 1000 g/mol. The van der Waals surface area contributed by atoms with E-state index in [0.717, 1.165) is 17.9 Å². The molecule has 0 saturated heterocycles. The van der Waals surface area contributed by atoms with Crippen LogP contribution >= 0.6 is 63.7 Å². The first kappa shape index (κ1) is 36.2. The van der Waals surface area contributed by atoms with Gasteiger partial charge in [0, 0.05) is 0 Å². The molecule has 0 aromatic heterocycles. The number of halogens is 4. The Morgan fingerprint density at radius 1 is 0.189 bits per heavy atom. The summed E-state index contributed by atoms with van der Waals surface area (Å²) in [6.45, 7) is 0. The fraction of sp³-hybridized carbons (Fsp3) is 0. The molecule has 53 heavy (non-hydrogen) atoms. The number of hydrogen-bond acceptors (Lipinski definition) is 0. The van der Waals surface area contributed by atoms with Gasteiger partial charge in [-0.05, 0) is 0 Å². The third kappa shape index (κ3) is 7.63. The van der Waals surface area contributed by atoms with Gasteiger partial charge in [0.15, 0.2) is 0 Å². The molecule has 0 amide bonds. The molecule has 5 heteroatoms. The Balaban J connectivity index is 1.33. The van der Waals surface area contributed by atoms with Crippen molar-refractivity contribution in [1.82, 2.24) is 0 Å². The van der Waals surface area contributed by atoms with E-state index in [1.807, 2.05) is 0 Å². The van der Waals surface area contributed by atoms with Crippen LogP contribution in [0.3, 0.4) is 0 Å². The van der Waals surface area contributed by atoms with E-state index in [2.05, 4.69) is 258 Å². The molecular formula is C48H32Br4Ge. The maximum atomic E-state index is 3.60. The van der Waals surface area contributed by atoms with Crippen LogP contribution in [0.1, 0.15) is 0 Å². The molecule has 0 fully saturated rings. The maximum absolute atomic E-state index is 3.65. The van der Waals surface area contributed by atoms with Crippen LogP contribution in [0.2, 0.25) is 0 Å². The summed E-state index contributed by atoms with van der Waals surface area (Å²) < 4.78 is 9.86. The zero-order valence-corrected chi connectivity index (χ0v) is 36.9. The minimum atomic E-state index is -3.65. The molecule has 0 saturated carbocycles. The van der Waals surface area contributed by atoms with Crippen molar-refractivity contribution in [3.63, 3.8) is 0 Å². The Bertz CT molecular complexity index is 2090. The summed E-state index contributed by atoms with van der Waals surface area (Å²) in [4.78, 5) is 0. The van der Waals surface area contributed by atoms with Crippen LogP contribution in [-0.2, 0) is 0 Å². The molecule has 0 nitrogen and oxygen atoms in total. The van der Waals surface area contributed by atoms with E-state index in [1.165, 1.54) is 62.1 Å². The fourth-order valence-electron chi connectivity index (χ4n) is 7.22. The Morgan fingerprint density at radius 2 is 0.321 bits per heavy atom. The van der Waals surface area contributed by atoms with Gasteiger partial charge in [-0.25, -0.2) is 0 Å². The normalized spacial score (nSPS) is 11.4. The van der Waals surface area contributed by atoms with Crippen molar-refractivity contribution in [3.05, 3.63) is 212 Å². The van der Waals surface area contributed by atoms with Gasteiger partial charge in [0.25, 0.3) is 0 Å². The van der Waals surface area contributed by atoms with Crippen molar-refractivity contribution in [1.29, 1.82) is 0 Å². The molecule has 0 aliphatic carbocycles. The van der Waals surface area contributed by atoms with Crippen LogP contribution in [0.4, 0.5) is 0 Å². The van der Waals surface area contributed by atoms with Crippen LogP contribution in [0.25, 0.3) is 44.5 Å². The zero-order valence-electron chi connectivity index (χ0n) is 28.5. The van der Waals surface area contributed by atoms with Crippen molar-refractivity contribution in [2.24, 2.45) is 0 Å². The van der Waals surface area contributed by atoms with Crippen molar-refractivity contribution in [2.45, 2.75) is 0 Å². The minimum absolute atomic E-state index is 1.08. The first-order valence-corrected chi connectivity index (χ1v) is 24.7. The van der Waals surface area contributed by atoms with Crippen LogP contribution in [-0.4, -0.2) is 13.3 Å². The van der Waals surface area contributed by atoms with Crippen LogP contribution in [0.15, 0.2) is 212 Å². The van der Waals surface area contributed by atoms with Gasteiger partial charge in [-0.2, -0.15) is 0 Å². The monoisotopic (exact) mass is 998 g/mol. The summed E-state index contributed by atoms with van der Waals surface area (Å²) in [7, 11) is 0. The van der Waals surface area contributed by atoms with Crippen LogP contribution < -0.4 is 17.6 Å². The Morgan fingerprint density at radius 3 is 0.472 bits per heavy atom. The summed E-state index contributed by atoms with van der Waals surface area (Å²) in [5.41, 5.74) is 9.64. The van der Waals surface area contributed by atoms with E-state index in [1.54, 1.807) is 0 Å². The molecule has 0 spiro atoms. The predicted molar refractivity (Wildman–Crippen MR) is 243 cm³/mol. The van der Waals surface area contributed by atoms with Gasteiger partial charge in [0.05, 0.1) is 0 Å². The first-order valence-electron chi connectivity index (χ1n) is 17.3. The molecule has 8 rings (SSSR count). The van der Waals surface area contributed by atoms with Gasteiger partial charge in [-0.15, -0.1) is 0 Å². The van der Waals surface area contributed by atoms with Gasteiger partial charge < -0.3 is 0 Å². The van der Waals surface area contributed by atoms with Crippen molar-refractivity contribution in [2.75, 3.05) is 0 Å². The molecule has 0 N–H and O–H groups in total.